The average Bonchev–Trinajstić information content (AvgIpc) is 2.43. The monoisotopic (exact) mass is 267 g/mol. The molecule has 6 heteroatoms. The topological polar surface area (TPSA) is 63.2 Å². The van der Waals surface area contributed by atoms with E-state index in [1.807, 2.05) is 0 Å². The van der Waals surface area contributed by atoms with Crippen LogP contribution in [0.1, 0.15) is 25.7 Å². The van der Waals surface area contributed by atoms with Gasteiger partial charge in [-0.2, -0.15) is 0 Å². The summed E-state index contributed by atoms with van der Waals surface area (Å²) in [6.45, 7) is 1.32. The van der Waals surface area contributed by atoms with Gasteiger partial charge in [-0.3, -0.25) is 4.98 Å². The summed E-state index contributed by atoms with van der Waals surface area (Å²) in [5, 5.41) is 5.13. The molecule has 2 rings (SSSR count). The van der Waals surface area contributed by atoms with E-state index in [-0.39, 0.29) is 11.8 Å². The highest BCUT2D eigenvalue weighted by atomic mass is 19.1. The van der Waals surface area contributed by atoms with Crippen molar-refractivity contribution in [2.75, 3.05) is 18.5 Å². The maximum Gasteiger partial charge on any atom is 0.319 e. The van der Waals surface area contributed by atoms with Crippen molar-refractivity contribution in [1.82, 2.24) is 10.3 Å². The largest absolute Gasteiger partial charge is 0.378 e. The lowest BCUT2D eigenvalue weighted by Crippen LogP contribution is -2.32. The molecular weight excluding hydrogens is 249 g/mol. The van der Waals surface area contributed by atoms with Crippen molar-refractivity contribution in [2.45, 2.75) is 31.8 Å². The second-order valence-electron chi connectivity index (χ2n) is 4.51. The van der Waals surface area contributed by atoms with E-state index in [0.717, 1.165) is 32.1 Å². The molecule has 1 fully saturated rings. The molecule has 0 aromatic carbocycles. The Hall–Kier alpha value is -1.69. The number of ether oxygens (including phenoxy) is 1. The first-order valence-corrected chi connectivity index (χ1v) is 6.51. The summed E-state index contributed by atoms with van der Waals surface area (Å²) in [7, 11) is 0. The van der Waals surface area contributed by atoms with Crippen molar-refractivity contribution in [3.63, 3.8) is 0 Å². The number of nitrogens with zero attached hydrogens (tertiary/aromatic N) is 1. The molecule has 2 amide bonds. The normalized spacial score (nSPS) is 18.9. The maximum atomic E-state index is 13.2. The zero-order valence-corrected chi connectivity index (χ0v) is 10.7. The van der Waals surface area contributed by atoms with Gasteiger partial charge in [0.1, 0.15) is 0 Å². The number of aromatic nitrogens is 1. The standard InChI is InChI=1S/C13H18FN3O2/c14-11-9-15-6-5-12(11)17-13(18)16-7-4-10-3-1-2-8-19-10/h5-6,9-10H,1-4,7-8H2,(H2,15,16,17,18). The van der Waals surface area contributed by atoms with Crippen LogP contribution in [-0.2, 0) is 4.74 Å². The number of halogens is 1. The van der Waals surface area contributed by atoms with Crippen molar-refractivity contribution in [3.05, 3.63) is 24.3 Å². The first kappa shape index (κ1) is 13.7. The number of carbonyl (C=O) groups is 1. The molecule has 0 bridgehead atoms. The summed E-state index contributed by atoms with van der Waals surface area (Å²) < 4.78 is 18.8. The van der Waals surface area contributed by atoms with Crippen LogP contribution in [0.4, 0.5) is 14.9 Å². The van der Waals surface area contributed by atoms with E-state index < -0.39 is 11.8 Å². The number of urea groups is 1. The lowest BCUT2D eigenvalue weighted by Gasteiger charge is -2.22. The van der Waals surface area contributed by atoms with E-state index in [9.17, 15) is 9.18 Å². The zero-order chi connectivity index (χ0) is 13.5. The highest BCUT2D eigenvalue weighted by Crippen LogP contribution is 2.15. The second-order valence-corrected chi connectivity index (χ2v) is 4.51. The molecule has 1 saturated heterocycles. The number of nitrogens with one attached hydrogen (secondary N) is 2. The lowest BCUT2D eigenvalue weighted by molar-refractivity contribution is 0.0120. The zero-order valence-electron chi connectivity index (χ0n) is 10.7. The van der Waals surface area contributed by atoms with Gasteiger partial charge in [-0.05, 0) is 31.7 Å². The molecule has 1 aliphatic rings. The number of rotatable bonds is 4. The minimum absolute atomic E-state index is 0.126. The average molecular weight is 267 g/mol. The molecule has 0 spiro atoms. The summed E-state index contributed by atoms with van der Waals surface area (Å²) in [6, 6.07) is 1.00. The summed E-state index contributed by atoms with van der Waals surface area (Å²) in [5.74, 6) is -0.548. The molecule has 5 nitrogen and oxygen atoms in total. The van der Waals surface area contributed by atoms with Crippen molar-refractivity contribution in [1.29, 1.82) is 0 Å². The Morgan fingerprint density at radius 2 is 2.42 bits per heavy atom. The Kier molecular flexibility index (Phi) is 5.09. The highest BCUT2D eigenvalue weighted by molar-refractivity contribution is 5.89. The molecule has 1 aromatic heterocycles. The van der Waals surface area contributed by atoms with Crippen LogP contribution in [0, 0.1) is 5.82 Å². The van der Waals surface area contributed by atoms with Gasteiger partial charge in [-0.25, -0.2) is 9.18 Å². The summed E-state index contributed by atoms with van der Waals surface area (Å²) in [4.78, 5) is 15.2. The number of amides is 2. The van der Waals surface area contributed by atoms with E-state index in [1.165, 1.54) is 18.7 Å². The van der Waals surface area contributed by atoms with Crippen LogP contribution in [0.3, 0.4) is 0 Å². The van der Waals surface area contributed by atoms with Gasteiger partial charge >= 0.3 is 6.03 Å². The Morgan fingerprint density at radius 1 is 1.53 bits per heavy atom. The van der Waals surface area contributed by atoms with E-state index in [1.54, 1.807) is 0 Å². The molecule has 0 radical (unpaired) electrons. The van der Waals surface area contributed by atoms with Crippen LogP contribution in [0.15, 0.2) is 18.5 Å². The Labute approximate surface area is 111 Å². The third kappa shape index (κ3) is 4.48. The van der Waals surface area contributed by atoms with Crippen LogP contribution in [0.25, 0.3) is 0 Å². The van der Waals surface area contributed by atoms with Gasteiger partial charge < -0.3 is 15.4 Å². The van der Waals surface area contributed by atoms with Gasteiger partial charge in [0.05, 0.1) is 18.0 Å². The number of carbonyl (C=O) groups excluding carboxylic acids is 1. The van der Waals surface area contributed by atoms with E-state index >= 15 is 0 Å². The van der Waals surface area contributed by atoms with Crippen molar-refractivity contribution in [3.8, 4) is 0 Å². The van der Waals surface area contributed by atoms with Gasteiger partial charge in [0.2, 0.25) is 0 Å². The van der Waals surface area contributed by atoms with Crippen LogP contribution in [-0.4, -0.2) is 30.3 Å². The first-order valence-electron chi connectivity index (χ1n) is 6.51. The van der Waals surface area contributed by atoms with E-state index in [4.69, 9.17) is 4.74 Å². The predicted octanol–water partition coefficient (Wildman–Crippen LogP) is 2.30. The molecule has 104 valence electrons. The van der Waals surface area contributed by atoms with Gasteiger partial charge in [0.15, 0.2) is 5.82 Å². The molecule has 1 aromatic rings. The van der Waals surface area contributed by atoms with Crippen LogP contribution in [0.5, 0.6) is 0 Å². The molecule has 19 heavy (non-hydrogen) atoms. The van der Waals surface area contributed by atoms with Crippen LogP contribution >= 0.6 is 0 Å². The molecule has 2 N–H and O–H groups in total. The highest BCUT2D eigenvalue weighted by Gasteiger charge is 2.13. The van der Waals surface area contributed by atoms with Gasteiger partial charge in [0.25, 0.3) is 0 Å². The molecule has 1 aliphatic heterocycles. The molecular formula is C13H18FN3O2. The van der Waals surface area contributed by atoms with Gasteiger partial charge in [-0.15, -0.1) is 0 Å². The van der Waals surface area contributed by atoms with Crippen LogP contribution < -0.4 is 10.6 Å². The molecule has 0 aliphatic carbocycles. The molecule has 1 unspecified atom stereocenters. The number of pyridine rings is 1. The van der Waals surface area contributed by atoms with E-state index in [2.05, 4.69) is 15.6 Å². The first-order chi connectivity index (χ1) is 9.25. The minimum atomic E-state index is -0.548. The fourth-order valence-electron chi connectivity index (χ4n) is 2.02. The maximum absolute atomic E-state index is 13.2. The Morgan fingerprint density at radius 3 is 3.16 bits per heavy atom. The summed E-state index contributed by atoms with van der Waals surface area (Å²) in [5.41, 5.74) is 0.126. The second kappa shape index (κ2) is 7.04. The SMILES string of the molecule is O=C(NCCC1CCCCO1)Nc1ccncc1F. The van der Waals surface area contributed by atoms with Gasteiger partial charge in [0, 0.05) is 19.3 Å². The van der Waals surface area contributed by atoms with E-state index in [0.29, 0.717) is 6.54 Å². The van der Waals surface area contributed by atoms with Gasteiger partial charge in [-0.1, -0.05) is 0 Å². The molecule has 2 heterocycles. The van der Waals surface area contributed by atoms with Crippen molar-refractivity contribution < 1.29 is 13.9 Å². The predicted molar refractivity (Wildman–Crippen MR) is 69.4 cm³/mol. The summed E-state index contributed by atoms with van der Waals surface area (Å²) in [6.07, 6.45) is 6.84. The number of anilines is 1. The smallest absolute Gasteiger partial charge is 0.319 e. The van der Waals surface area contributed by atoms with Crippen LogP contribution in [0.2, 0.25) is 0 Å². The summed E-state index contributed by atoms with van der Waals surface area (Å²) >= 11 is 0. The third-order valence-corrected chi connectivity index (χ3v) is 3.05. The third-order valence-electron chi connectivity index (χ3n) is 3.05. The van der Waals surface area contributed by atoms with Crippen molar-refractivity contribution in [2.24, 2.45) is 0 Å². The molecule has 0 saturated carbocycles. The fraction of sp³-hybridized carbons (Fsp3) is 0.538. The number of hydrogen-bond donors (Lipinski definition) is 2. The lowest BCUT2D eigenvalue weighted by atomic mass is 10.1. The quantitative estimate of drug-likeness (QED) is 0.879. The van der Waals surface area contributed by atoms with Crippen molar-refractivity contribution >= 4 is 11.7 Å². The number of hydrogen-bond acceptors (Lipinski definition) is 3. The Bertz CT molecular complexity index is 422. The Balaban J connectivity index is 1.68. The minimum Gasteiger partial charge on any atom is -0.378 e. The molecule has 1 atom stereocenters. The fourth-order valence-corrected chi connectivity index (χ4v) is 2.02.